The van der Waals surface area contributed by atoms with Crippen LogP contribution in [0.15, 0.2) is 12.1 Å². The number of aliphatic hydroxyl groups excluding tert-OH is 1. The molecule has 1 fully saturated rings. The van der Waals surface area contributed by atoms with E-state index in [0.717, 1.165) is 6.54 Å². The van der Waals surface area contributed by atoms with E-state index in [0.29, 0.717) is 17.5 Å². The summed E-state index contributed by atoms with van der Waals surface area (Å²) < 4.78 is 13.2. The molecule has 1 atom stereocenters. The van der Waals surface area contributed by atoms with Crippen LogP contribution in [0.5, 0.6) is 0 Å². The van der Waals surface area contributed by atoms with Crippen LogP contribution in [0.3, 0.4) is 0 Å². The van der Waals surface area contributed by atoms with Gasteiger partial charge in [-0.1, -0.05) is 88.3 Å². The summed E-state index contributed by atoms with van der Waals surface area (Å²) in [4.78, 5) is 0. The number of hydrogen-bond donors (Lipinski definition) is 2. The van der Waals surface area contributed by atoms with Gasteiger partial charge in [0.15, 0.2) is 0 Å². The quantitative estimate of drug-likeness (QED) is 0.418. The molecule has 0 spiro atoms. The van der Waals surface area contributed by atoms with Gasteiger partial charge in [0, 0.05) is 27.4 Å². The standard InChI is InChI=1S/C16H22Cl2FNO.C6H16Si/c1-16(5-3-2-4-6-16)10-20-9-14(21)15-12(17)7-11(19)8-13(15)18;1-4-7(5-2)6-3/h7-8,14,20-21H,2-6,9-10H2,1H3;7H,4-6H2,1-3H3. The van der Waals surface area contributed by atoms with Gasteiger partial charge in [0.2, 0.25) is 0 Å². The first-order chi connectivity index (χ1) is 13.3. The van der Waals surface area contributed by atoms with E-state index in [4.69, 9.17) is 23.2 Å². The molecular weight excluding hydrogens is 412 g/mol. The third-order valence-corrected chi connectivity index (χ3v) is 10.1. The summed E-state index contributed by atoms with van der Waals surface area (Å²) in [7, 11) is -0.171. The summed E-state index contributed by atoms with van der Waals surface area (Å²) in [6.45, 7) is 10.5. The van der Waals surface area contributed by atoms with Gasteiger partial charge in [-0.05, 0) is 30.4 Å². The van der Waals surface area contributed by atoms with Crippen molar-refractivity contribution < 1.29 is 9.50 Å². The number of aliphatic hydroxyl groups is 1. The summed E-state index contributed by atoms with van der Waals surface area (Å²) in [5.41, 5.74) is 0.690. The third-order valence-electron chi connectivity index (χ3n) is 6.06. The van der Waals surface area contributed by atoms with Gasteiger partial charge < -0.3 is 10.4 Å². The lowest BCUT2D eigenvalue weighted by Gasteiger charge is -2.34. The molecule has 1 aliphatic rings. The van der Waals surface area contributed by atoms with Gasteiger partial charge in [0.25, 0.3) is 0 Å². The molecule has 0 aromatic heterocycles. The molecule has 1 aromatic rings. The largest absolute Gasteiger partial charge is 0.387 e. The van der Waals surface area contributed by atoms with Crippen LogP contribution in [0.1, 0.15) is 71.5 Å². The van der Waals surface area contributed by atoms with Crippen molar-refractivity contribution in [1.29, 1.82) is 0 Å². The molecular formula is C22H38Cl2FNOSi. The van der Waals surface area contributed by atoms with Crippen molar-refractivity contribution in [3.8, 4) is 0 Å². The molecule has 2 N–H and O–H groups in total. The van der Waals surface area contributed by atoms with Crippen LogP contribution < -0.4 is 5.32 Å². The van der Waals surface area contributed by atoms with Crippen molar-refractivity contribution in [3.63, 3.8) is 0 Å². The molecule has 0 bridgehead atoms. The minimum atomic E-state index is -0.835. The first kappa shape index (κ1) is 25.9. The van der Waals surface area contributed by atoms with Gasteiger partial charge in [-0.2, -0.15) is 0 Å². The van der Waals surface area contributed by atoms with E-state index < -0.39 is 11.9 Å². The molecule has 0 radical (unpaired) electrons. The average molecular weight is 451 g/mol. The maximum atomic E-state index is 13.2. The van der Waals surface area contributed by atoms with Gasteiger partial charge in [-0.15, -0.1) is 0 Å². The first-order valence-corrected chi connectivity index (χ1v) is 14.0. The fraction of sp³-hybridized carbons (Fsp3) is 0.727. The summed E-state index contributed by atoms with van der Waals surface area (Å²) in [6.07, 6.45) is 5.46. The van der Waals surface area contributed by atoms with E-state index >= 15 is 0 Å². The Morgan fingerprint density at radius 3 is 2.00 bits per heavy atom. The number of halogens is 3. The molecule has 1 aromatic carbocycles. The molecule has 0 heterocycles. The summed E-state index contributed by atoms with van der Waals surface area (Å²) in [5.74, 6) is -0.497. The second-order valence-electron chi connectivity index (χ2n) is 8.39. The van der Waals surface area contributed by atoms with Crippen LogP contribution >= 0.6 is 23.2 Å². The van der Waals surface area contributed by atoms with Crippen molar-refractivity contribution >= 4 is 32.0 Å². The lowest BCUT2D eigenvalue weighted by Crippen LogP contribution is -2.35. The van der Waals surface area contributed by atoms with Gasteiger partial charge >= 0.3 is 0 Å². The van der Waals surface area contributed by atoms with Crippen molar-refractivity contribution in [2.24, 2.45) is 5.41 Å². The fourth-order valence-electron chi connectivity index (χ4n) is 3.93. The van der Waals surface area contributed by atoms with E-state index in [-0.39, 0.29) is 18.8 Å². The maximum Gasteiger partial charge on any atom is 0.126 e. The topological polar surface area (TPSA) is 32.3 Å². The molecule has 1 saturated carbocycles. The summed E-state index contributed by atoms with van der Waals surface area (Å²) in [5, 5.41) is 13.9. The van der Waals surface area contributed by atoms with Gasteiger partial charge in [0.1, 0.15) is 5.82 Å². The monoisotopic (exact) mass is 449 g/mol. The predicted molar refractivity (Wildman–Crippen MR) is 124 cm³/mol. The van der Waals surface area contributed by atoms with E-state index in [9.17, 15) is 9.50 Å². The zero-order chi connectivity index (χ0) is 21.2. The van der Waals surface area contributed by atoms with Crippen LogP contribution in [-0.2, 0) is 0 Å². The van der Waals surface area contributed by atoms with E-state index in [1.165, 1.54) is 62.4 Å². The molecule has 0 aliphatic heterocycles. The maximum absolute atomic E-state index is 13.2. The fourth-order valence-corrected chi connectivity index (χ4v) is 6.38. The molecule has 162 valence electrons. The lowest BCUT2D eigenvalue weighted by atomic mass is 9.76. The Hall–Kier alpha value is -0.133. The van der Waals surface area contributed by atoms with Gasteiger partial charge in [-0.3, -0.25) is 0 Å². The van der Waals surface area contributed by atoms with Crippen LogP contribution in [0, 0.1) is 11.2 Å². The molecule has 1 unspecified atom stereocenters. The minimum Gasteiger partial charge on any atom is -0.387 e. The SMILES string of the molecule is CC1(CNCC(O)c2c(Cl)cc(F)cc2Cl)CCCCC1.CC[SiH](CC)CC. The molecule has 6 heteroatoms. The number of rotatable bonds is 8. The van der Waals surface area contributed by atoms with E-state index in [2.05, 4.69) is 33.0 Å². The Morgan fingerprint density at radius 2 is 1.57 bits per heavy atom. The zero-order valence-corrected chi connectivity index (χ0v) is 20.6. The molecule has 2 nitrogen and oxygen atoms in total. The molecule has 28 heavy (non-hydrogen) atoms. The number of nitrogens with one attached hydrogen (secondary N) is 1. The highest BCUT2D eigenvalue weighted by Crippen LogP contribution is 2.35. The number of benzene rings is 1. The highest BCUT2D eigenvalue weighted by atomic mass is 35.5. The van der Waals surface area contributed by atoms with Crippen molar-refractivity contribution in [1.82, 2.24) is 5.32 Å². The van der Waals surface area contributed by atoms with Crippen molar-refractivity contribution in [2.45, 2.75) is 84.0 Å². The van der Waals surface area contributed by atoms with Gasteiger partial charge in [0.05, 0.1) is 16.1 Å². The Morgan fingerprint density at radius 1 is 1.07 bits per heavy atom. The highest BCUT2D eigenvalue weighted by molar-refractivity contribution is 6.58. The molecule has 1 aliphatic carbocycles. The lowest BCUT2D eigenvalue weighted by molar-refractivity contribution is 0.155. The number of hydrogen-bond acceptors (Lipinski definition) is 2. The Bertz CT molecular complexity index is 549. The third kappa shape index (κ3) is 8.70. The van der Waals surface area contributed by atoms with Gasteiger partial charge in [-0.25, -0.2) is 4.39 Å². The van der Waals surface area contributed by atoms with E-state index in [1.54, 1.807) is 0 Å². The second-order valence-corrected chi connectivity index (χ2v) is 13.4. The van der Waals surface area contributed by atoms with Crippen LogP contribution in [0.2, 0.25) is 28.2 Å². The predicted octanol–water partition coefficient (Wildman–Crippen LogP) is 7.00. The van der Waals surface area contributed by atoms with Crippen molar-refractivity contribution in [2.75, 3.05) is 13.1 Å². The van der Waals surface area contributed by atoms with E-state index in [1.807, 2.05) is 0 Å². The summed E-state index contributed by atoms with van der Waals surface area (Å²) >= 11 is 11.9. The Labute approximate surface area is 182 Å². The average Bonchev–Trinajstić information content (AvgIpc) is 2.63. The molecule has 0 amide bonds. The highest BCUT2D eigenvalue weighted by Gasteiger charge is 2.26. The summed E-state index contributed by atoms with van der Waals surface area (Å²) in [6, 6.07) is 6.83. The Balaban J connectivity index is 0.000000480. The first-order valence-electron chi connectivity index (χ1n) is 10.8. The zero-order valence-electron chi connectivity index (χ0n) is 18.0. The minimum absolute atomic E-state index is 0.165. The normalized spacial score (nSPS) is 17.2. The Kier molecular flexibility index (Phi) is 12.2. The van der Waals surface area contributed by atoms with Crippen molar-refractivity contribution in [3.05, 3.63) is 33.6 Å². The molecule has 2 rings (SSSR count). The van der Waals surface area contributed by atoms with Crippen LogP contribution in [0.25, 0.3) is 0 Å². The second kappa shape index (κ2) is 13.2. The molecule has 0 saturated heterocycles. The van der Waals surface area contributed by atoms with Crippen LogP contribution in [-0.4, -0.2) is 27.0 Å². The van der Waals surface area contributed by atoms with Crippen LogP contribution in [0.4, 0.5) is 4.39 Å². The smallest absolute Gasteiger partial charge is 0.126 e.